The van der Waals surface area contributed by atoms with Crippen molar-refractivity contribution < 1.29 is 0 Å². The average Bonchev–Trinajstić information content (AvgIpc) is 2.85. The molecule has 0 aliphatic rings. The molecule has 2 aromatic heterocycles. The zero-order chi connectivity index (χ0) is 9.97. The van der Waals surface area contributed by atoms with Gasteiger partial charge in [-0.2, -0.15) is 0 Å². The van der Waals surface area contributed by atoms with Gasteiger partial charge in [-0.25, -0.2) is 4.98 Å². The monoisotopic (exact) mass is 209 g/mol. The van der Waals surface area contributed by atoms with Crippen LogP contribution in [0.15, 0.2) is 12.4 Å². The van der Waals surface area contributed by atoms with Gasteiger partial charge in [0.1, 0.15) is 0 Å². The maximum atomic E-state index is 4.25. The zero-order valence-corrected chi connectivity index (χ0v) is 8.88. The molecule has 0 saturated heterocycles. The number of nitrogens with one attached hydrogen (secondary N) is 1. The standard InChI is InChI=1S/C8H11N5S/c1-3-13-5-4-10-6(13)7-11-12-8(9-2)14-7/h4-5H,3H2,1-2H3,(H,9,12). The Labute approximate surface area is 85.8 Å². The molecular weight excluding hydrogens is 198 g/mol. The van der Waals surface area contributed by atoms with Crippen LogP contribution in [0.5, 0.6) is 0 Å². The van der Waals surface area contributed by atoms with Crippen LogP contribution in [0.1, 0.15) is 6.92 Å². The van der Waals surface area contributed by atoms with Gasteiger partial charge in [-0.1, -0.05) is 11.3 Å². The topological polar surface area (TPSA) is 55.6 Å². The number of aryl methyl sites for hydroxylation is 1. The molecule has 6 heteroatoms. The number of hydrogen-bond donors (Lipinski definition) is 1. The number of rotatable bonds is 3. The molecule has 0 aliphatic heterocycles. The highest BCUT2D eigenvalue weighted by Gasteiger charge is 2.10. The lowest BCUT2D eigenvalue weighted by Gasteiger charge is -1.98. The zero-order valence-electron chi connectivity index (χ0n) is 8.06. The molecule has 74 valence electrons. The number of imidazole rings is 1. The molecule has 0 spiro atoms. The highest BCUT2D eigenvalue weighted by atomic mass is 32.1. The van der Waals surface area contributed by atoms with Crippen LogP contribution in [0.4, 0.5) is 5.13 Å². The molecule has 0 saturated carbocycles. The quantitative estimate of drug-likeness (QED) is 0.831. The van der Waals surface area contributed by atoms with Crippen molar-refractivity contribution in [2.45, 2.75) is 13.5 Å². The third-order valence-electron chi connectivity index (χ3n) is 1.89. The Bertz CT molecular complexity index is 419. The fraction of sp³-hybridized carbons (Fsp3) is 0.375. The summed E-state index contributed by atoms with van der Waals surface area (Å²) in [5, 5.41) is 12.6. The normalized spacial score (nSPS) is 10.4. The largest absolute Gasteiger partial charge is 0.363 e. The summed E-state index contributed by atoms with van der Waals surface area (Å²) in [4.78, 5) is 4.25. The summed E-state index contributed by atoms with van der Waals surface area (Å²) in [6.45, 7) is 2.97. The van der Waals surface area contributed by atoms with E-state index >= 15 is 0 Å². The van der Waals surface area contributed by atoms with Gasteiger partial charge in [-0.3, -0.25) is 0 Å². The summed E-state index contributed by atoms with van der Waals surface area (Å²) in [6.07, 6.45) is 3.72. The first-order chi connectivity index (χ1) is 6.85. The van der Waals surface area contributed by atoms with Gasteiger partial charge in [0.15, 0.2) is 10.8 Å². The van der Waals surface area contributed by atoms with Crippen molar-refractivity contribution in [2.75, 3.05) is 12.4 Å². The van der Waals surface area contributed by atoms with Crippen molar-refractivity contribution in [1.29, 1.82) is 0 Å². The first kappa shape index (κ1) is 9.14. The van der Waals surface area contributed by atoms with Crippen molar-refractivity contribution in [3.8, 4) is 10.8 Å². The molecule has 2 heterocycles. The molecule has 0 bridgehead atoms. The van der Waals surface area contributed by atoms with E-state index < -0.39 is 0 Å². The lowest BCUT2D eigenvalue weighted by atomic mass is 10.6. The fourth-order valence-corrected chi connectivity index (χ4v) is 1.89. The van der Waals surface area contributed by atoms with Crippen molar-refractivity contribution in [1.82, 2.24) is 19.7 Å². The Morgan fingerprint density at radius 1 is 1.50 bits per heavy atom. The van der Waals surface area contributed by atoms with Crippen LogP contribution in [0.2, 0.25) is 0 Å². The molecule has 0 aliphatic carbocycles. The van der Waals surface area contributed by atoms with Gasteiger partial charge >= 0.3 is 0 Å². The summed E-state index contributed by atoms with van der Waals surface area (Å²) >= 11 is 1.50. The molecule has 2 aromatic rings. The molecule has 0 fully saturated rings. The van der Waals surface area contributed by atoms with Crippen molar-refractivity contribution >= 4 is 16.5 Å². The lowest BCUT2D eigenvalue weighted by Crippen LogP contribution is -1.95. The molecule has 1 N–H and O–H groups in total. The van der Waals surface area contributed by atoms with E-state index in [1.807, 2.05) is 17.8 Å². The molecular formula is C8H11N5S. The second-order valence-corrected chi connectivity index (χ2v) is 3.68. The molecule has 5 nitrogen and oxygen atoms in total. The van der Waals surface area contributed by atoms with Crippen molar-refractivity contribution in [3.05, 3.63) is 12.4 Å². The lowest BCUT2D eigenvalue weighted by molar-refractivity contribution is 0.768. The van der Waals surface area contributed by atoms with E-state index in [-0.39, 0.29) is 0 Å². The summed E-state index contributed by atoms with van der Waals surface area (Å²) in [5.41, 5.74) is 0. The van der Waals surface area contributed by atoms with Crippen LogP contribution >= 0.6 is 11.3 Å². The molecule has 14 heavy (non-hydrogen) atoms. The van der Waals surface area contributed by atoms with Crippen LogP contribution in [0.25, 0.3) is 10.8 Å². The van der Waals surface area contributed by atoms with Gasteiger partial charge in [-0.15, -0.1) is 10.2 Å². The Hall–Kier alpha value is -1.43. The van der Waals surface area contributed by atoms with E-state index in [1.165, 1.54) is 11.3 Å². The van der Waals surface area contributed by atoms with Crippen LogP contribution in [0.3, 0.4) is 0 Å². The summed E-state index contributed by atoms with van der Waals surface area (Å²) < 4.78 is 2.04. The minimum Gasteiger partial charge on any atom is -0.363 e. The van der Waals surface area contributed by atoms with Crippen LogP contribution in [-0.4, -0.2) is 26.8 Å². The van der Waals surface area contributed by atoms with Gasteiger partial charge in [0, 0.05) is 26.0 Å². The smallest absolute Gasteiger partial charge is 0.205 e. The molecule has 2 rings (SSSR count). The highest BCUT2D eigenvalue weighted by Crippen LogP contribution is 2.24. The molecule has 0 radical (unpaired) electrons. The number of aromatic nitrogens is 4. The maximum absolute atomic E-state index is 4.25. The van der Waals surface area contributed by atoms with Crippen LogP contribution < -0.4 is 5.32 Å². The average molecular weight is 209 g/mol. The van der Waals surface area contributed by atoms with Gasteiger partial charge in [0.25, 0.3) is 0 Å². The van der Waals surface area contributed by atoms with Gasteiger partial charge < -0.3 is 9.88 Å². The minimum absolute atomic E-state index is 0.811. The van der Waals surface area contributed by atoms with Crippen LogP contribution in [0, 0.1) is 0 Å². The Morgan fingerprint density at radius 3 is 3.00 bits per heavy atom. The summed E-state index contributed by atoms with van der Waals surface area (Å²) in [6, 6.07) is 0. The second kappa shape index (κ2) is 3.75. The number of hydrogen-bond acceptors (Lipinski definition) is 5. The SMILES string of the molecule is CCn1ccnc1-c1nnc(NC)s1. The van der Waals surface area contributed by atoms with E-state index in [1.54, 1.807) is 6.20 Å². The minimum atomic E-state index is 0.811. The fourth-order valence-electron chi connectivity index (χ4n) is 1.18. The number of nitrogens with zero attached hydrogens (tertiary/aromatic N) is 4. The second-order valence-electron chi connectivity index (χ2n) is 2.70. The van der Waals surface area contributed by atoms with E-state index in [0.29, 0.717) is 0 Å². The first-order valence-corrected chi connectivity index (χ1v) is 5.19. The van der Waals surface area contributed by atoms with Crippen molar-refractivity contribution in [3.63, 3.8) is 0 Å². The van der Waals surface area contributed by atoms with E-state index in [0.717, 1.165) is 22.5 Å². The predicted octanol–water partition coefficient (Wildman–Crippen LogP) is 1.46. The third-order valence-corrected chi connectivity index (χ3v) is 2.82. The van der Waals surface area contributed by atoms with E-state index in [9.17, 15) is 0 Å². The predicted molar refractivity (Wildman–Crippen MR) is 56.4 cm³/mol. The van der Waals surface area contributed by atoms with E-state index in [4.69, 9.17) is 0 Å². The van der Waals surface area contributed by atoms with Crippen molar-refractivity contribution in [2.24, 2.45) is 0 Å². The summed E-state index contributed by atoms with van der Waals surface area (Å²) in [7, 11) is 1.83. The van der Waals surface area contributed by atoms with Gasteiger partial charge in [0.2, 0.25) is 5.13 Å². The molecule has 0 amide bonds. The van der Waals surface area contributed by atoms with E-state index in [2.05, 4.69) is 27.4 Å². The van der Waals surface area contributed by atoms with Gasteiger partial charge in [-0.05, 0) is 6.92 Å². The first-order valence-electron chi connectivity index (χ1n) is 4.38. The Morgan fingerprint density at radius 2 is 2.36 bits per heavy atom. The number of anilines is 1. The molecule has 0 unspecified atom stereocenters. The Kier molecular flexibility index (Phi) is 2.45. The Balaban J connectivity index is 2.38. The van der Waals surface area contributed by atoms with Gasteiger partial charge in [0.05, 0.1) is 0 Å². The van der Waals surface area contributed by atoms with Crippen LogP contribution in [-0.2, 0) is 6.54 Å². The molecule has 0 atom stereocenters. The highest BCUT2D eigenvalue weighted by molar-refractivity contribution is 7.18. The maximum Gasteiger partial charge on any atom is 0.205 e. The summed E-state index contributed by atoms with van der Waals surface area (Å²) in [5.74, 6) is 0.881. The third kappa shape index (κ3) is 1.48. The molecule has 0 aromatic carbocycles.